The number of benzene rings is 1. The Morgan fingerprint density at radius 2 is 2.25 bits per heavy atom. The molecule has 0 aliphatic carbocycles. The van der Waals surface area contributed by atoms with Gasteiger partial charge >= 0.3 is 0 Å². The van der Waals surface area contributed by atoms with Crippen molar-refractivity contribution in [2.45, 2.75) is 37.9 Å². The van der Waals surface area contributed by atoms with E-state index < -0.39 is 5.91 Å². The molecule has 2 unspecified atom stereocenters. The van der Waals surface area contributed by atoms with Gasteiger partial charge < -0.3 is 20.7 Å². The van der Waals surface area contributed by atoms with Crippen LogP contribution in [0.1, 0.15) is 24.0 Å². The number of rotatable bonds is 4. The van der Waals surface area contributed by atoms with E-state index >= 15 is 0 Å². The summed E-state index contributed by atoms with van der Waals surface area (Å²) in [6.07, 6.45) is 2.22. The maximum absolute atomic E-state index is 12.7. The van der Waals surface area contributed by atoms with Gasteiger partial charge in [0.2, 0.25) is 5.91 Å². The quantitative estimate of drug-likeness (QED) is 0.813. The highest BCUT2D eigenvalue weighted by atomic mass is 16.5. The second-order valence-electron chi connectivity index (χ2n) is 6.14. The number of nitriles is 1. The first-order chi connectivity index (χ1) is 11.6. The Morgan fingerprint density at radius 1 is 1.42 bits per heavy atom. The zero-order valence-corrected chi connectivity index (χ0v) is 13.3. The molecule has 1 aromatic rings. The van der Waals surface area contributed by atoms with E-state index in [0.717, 1.165) is 24.0 Å². The summed E-state index contributed by atoms with van der Waals surface area (Å²) in [5.41, 5.74) is 7.19. The summed E-state index contributed by atoms with van der Waals surface area (Å²) >= 11 is 0. The normalized spacial score (nSPS) is 22.5. The highest BCUT2D eigenvalue weighted by molar-refractivity contribution is 5.83. The van der Waals surface area contributed by atoms with E-state index in [-0.39, 0.29) is 24.6 Å². The van der Waals surface area contributed by atoms with Gasteiger partial charge in [0, 0.05) is 13.1 Å². The summed E-state index contributed by atoms with van der Waals surface area (Å²) in [5.74, 6) is 0.0659. The number of primary amides is 1. The third kappa shape index (κ3) is 3.34. The standard InChI is InChI=1S/C17H20N4O3/c18-8-13-2-1-5-21(13)17(23)15-7-11-3-4-14(24-10-16(19)22)6-12(11)9-20-15/h3-4,6,13,15,20H,1-2,5,7,9-10H2,(H2,19,22). The van der Waals surface area contributed by atoms with E-state index in [2.05, 4.69) is 11.4 Å². The van der Waals surface area contributed by atoms with Crippen molar-refractivity contribution in [3.8, 4) is 11.8 Å². The number of likely N-dealkylation sites (tertiary alicyclic amines) is 1. The van der Waals surface area contributed by atoms with Gasteiger partial charge in [-0.2, -0.15) is 5.26 Å². The van der Waals surface area contributed by atoms with Gasteiger partial charge in [0.05, 0.1) is 12.1 Å². The van der Waals surface area contributed by atoms with Crippen molar-refractivity contribution >= 4 is 11.8 Å². The molecule has 7 heteroatoms. The van der Waals surface area contributed by atoms with Crippen molar-refractivity contribution in [3.05, 3.63) is 29.3 Å². The fourth-order valence-electron chi connectivity index (χ4n) is 3.27. The number of hydrogen-bond donors (Lipinski definition) is 2. The Balaban J connectivity index is 1.67. The number of hydrogen-bond acceptors (Lipinski definition) is 5. The predicted octanol–water partition coefficient (Wildman–Crippen LogP) is 0.0796. The number of amides is 2. The van der Waals surface area contributed by atoms with E-state index in [0.29, 0.717) is 25.3 Å². The molecule has 3 N–H and O–H groups in total. The molecule has 1 saturated heterocycles. The lowest BCUT2D eigenvalue weighted by Crippen LogP contribution is -2.50. The topological polar surface area (TPSA) is 108 Å². The second-order valence-corrected chi connectivity index (χ2v) is 6.14. The van der Waals surface area contributed by atoms with Crippen LogP contribution >= 0.6 is 0 Å². The molecule has 2 heterocycles. The molecule has 2 aliphatic heterocycles. The van der Waals surface area contributed by atoms with Gasteiger partial charge in [-0.3, -0.25) is 9.59 Å². The minimum absolute atomic E-state index is 0.00115. The number of ether oxygens (including phenoxy) is 1. The van der Waals surface area contributed by atoms with Crippen LogP contribution in [0.4, 0.5) is 0 Å². The molecular formula is C17H20N4O3. The van der Waals surface area contributed by atoms with Gasteiger partial charge in [-0.05, 0) is 42.5 Å². The monoisotopic (exact) mass is 328 g/mol. The van der Waals surface area contributed by atoms with Gasteiger partial charge in [0.1, 0.15) is 11.8 Å². The summed E-state index contributed by atoms with van der Waals surface area (Å²) < 4.78 is 5.30. The van der Waals surface area contributed by atoms with E-state index in [1.54, 1.807) is 11.0 Å². The average molecular weight is 328 g/mol. The molecule has 1 fully saturated rings. The molecule has 126 valence electrons. The third-order valence-corrected chi connectivity index (χ3v) is 4.50. The minimum Gasteiger partial charge on any atom is -0.484 e. The van der Waals surface area contributed by atoms with Crippen molar-refractivity contribution in [1.29, 1.82) is 5.26 Å². The van der Waals surface area contributed by atoms with Gasteiger partial charge in [0.25, 0.3) is 5.91 Å². The zero-order chi connectivity index (χ0) is 17.1. The van der Waals surface area contributed by atoms with Crippen LogP contribution in [0.5, 0.6) is 5.75 Å². The Kier molecular flexibility index (Phi) is 4.67. The zero-order valence-electron chi connectivity index (χ0n) is 13.3. The maximum atomic E-state index is 12.7. The largest absolute Gasteiger partial charge is 0.484 e. The second kappa shape index (κ2) is 6.89. The molecule has 3 rings (SSSR count). The maximum Gasteiger partial charge on any atom is 0.255 e. The summed E-state index contributed by atoms with van der Waals surface area (Å²) in [6, 6.07) is 7.16. The number of nitrogens with zero attached hydrogens (tertiary/aromatic N) is 2. The Hall–Kier alpha value is -2.59. The molecular weight excluding hydrogens is 308 g/mol. The first-order valence-corrected chi connectivity index (χ1v) is 8.05. The summed E-state index contributed by atoms with van der Waals surface area (Å²) in [4.78, 5) is 25.1. The smallest absolute Gasteiger partial charge is 0.255 e. The Bertz CT molecular complexity index is 698. The van der Waals surface area contributed by atoms with Crippen LogP contribution < -0.4 is 15.8 Å². The number of carbonyl (C=O) groups is 2. The van der Waals surface area contributed by atoms with E-state index in [1.165, 1.54) is 0 Å². The SMILES string of the molecule is N#CC1CCCN1C(=O)C1Cc2ccc(OCC(N)=O)cc2CN1. The number of fused-ring (bicyclic) bond motifs is 1. The molecule has 2 atom stereocenters. The van der Waals surface area contributed by atoms with Gasteiger partial charge in [-0.15, -0.1) is 0 Å². The molecule has 7 nitrogen and oxygen atoms in total. The van der Waals surface area contributed by atoms with Crippen LogP contribution in [0.3, 0.4) is 0 Å². The molecule has 0 radical (unpaired) electrons. The first kappa shape index (κ1) is 16.3. The third-order valence-electron chi connectivity index (χ3n) is 4.50. The van der Waals surface area contributed by atoms with Gasteiger partial charge in [0.15, 0.2) is 6.61 Å². The minimum atomic E-state index is -0.519. The molecule has 2 aliphatic rings. The fraction of sp³-hybridized carbons (Fsp3) is 0.471. The summed E-state index contributed by atoms with van der Waals surface area (Å²) in [7, 11) is 0. The molecule has 0 bridgehead atoms. The summed E-state index contributed by atoms with van der Waals surface area (Å²) in [6.45, 7) is 1.05. The highest BCUT2D eigenvalue weighted by Crippen LogP contribution is 2.25. The van der Waals surface area contributed by atoms with E-state index in [9.17, 15) is 9.59 Å². The van der Waals surface area contributed by atoms with Crippen molar-refractivity contribution < 1.29 is 14.3 Å². The molecule has 0 aromatic heterocycles. The van der Waals surface area contributed by atoms with Crippen molar-refractivity contribution in [2.75, 3.05) is 13.2 Å². The molecule has 0 saturated carbocycles. The fourth-order valence-corrected chi connectivity index (χ4v) is 3.27. The van der Waals surface area contributed by atoms with Crippen LogP contribution in [-0.4, -0.2) is 41.9 Å². The van der Waals surface area contributed by atoms with Gasteiger partial charge in [-0.1, -0.05) is 6.07 Å². The number of nitrogens with one attached hydrogen (secondary N) is 1. The van der Waals surface area contributed by atoms with Crippen LogP contribution in [0.25, 0.3) is 0 Å². The van der Waals surface area contributed by atoms with Crippen LogP contribution in [0, 0.1) is 11.3 Å². The average Bonchev–Trinajstić information content (AvgIpc) is 3.07. The number of carbonyl (C=O) groups excluding carboxylic acids is 2. The molecule has 2 amide bonds. The van der Waals surface area contributed by atoms with Crippen LogP contribution in [0.15, 0.2) is 18.2 Å². The molecule has 24 heavy (non-hydrogen) atoms. The lowest BCUT2D eigenvalue weighted by molar-refractivity contribution is -0.133. The first-order valence-electron chi connectivity index (χ1n) is 8.05. The lowest BCUT2D eigenvalue weighted by atomic mass is 9.94. The van der Waals surface area contributed by atoms with Crippen molar-refractivity contribution in [3.63, 3.8) is 0 Å². The Morgan fingerprint density at radius 3 is 3.00 bits per heavy atom. The highest BCUT2D eigenvalue weighted by Gasteiger charge is 2.34. The van der Waals surface area contributed by atoms with Crippen LogP contribution in [0.2, 0.25) is 0 Å². The molecule has 0 spiro atoms. The number of nitrogens with two attached hydrogens (primary N) is 1. The van der Waals surface area contributed by atoms with Gasteiger partial charge in [-0.25, -0.2) is 0 Å². The summed E-state index contributed by atoms with van der Waals surface area (Å²) in [5, 5.41) is 12.4. The van der Waals surface area contributed by atoms with Crippen molar-refractivity contribution in [2.24, 2.45) is 5.73 Å². The van der Waals surface area contributed by atoms with E-state index in [1.807, 2.05) is 12.1 Å². The molecule has 1 aromatic carbocycles. The van der Waals surface area contributed by atoms with E-state index in [4.69, 9.17) is 15.7 Å². The predicted molar refractivity (Wildman–Crippen MR) is 85.8 cm³/mol. The van der Waals surface area contributed by atoms with Crippen molar-refractivity contribution in [1.82, 2.24) is 10.2 Å². The lowest BCUT2D eigenvalue weighted by Gasteiger charge is -2.30. The van der Waals surface area contributed by atoms with Crippen LogP contribution in [-0.2, 0) is 22.6 Å². The Labute approximate surface area is 140 Å².